The van der Waals surface area contributed by atoms with E-state index in [2.05, 4.69) is 53.0 Å². The van der Waals surface area contributed by atoms with E-state index < -0.39 is 0 Å². The Morgan fingerprint density at radius 1 is 1.18 bits per heavy atom. The molecule has 1 aliphatic heterocycles. The van der Waals surface area contributed by atoms with Crippen molar-refractivity contribution in [3.63, 3.8) is 0 Å². The van der Waals surface area contributed by atoms with Crippen molar-refractivity contribution in [3.05, 3.63) is 45.7 Å². The van der Waals surface area contributed by atoms with Gasteiger partial charge in [-0.05, 0) is 31.5 Å². The standard InChI is InChI=1S/C17H23N3OS/c1-14-4-3-5-16(12-14)18-17-20(15(2)13-22-17)7-6-19-8-10-21-11-9-19/h3-5,12-13H,6-11H2,1-2H3. The quantitative estimate of drug-likeness (QED) is 0.868. The molecule has 0 unspecified atom stereocenters. The first-order valence-corrected chi connectivity index (χ1v) is 8.67. The van der Waals surface area contributed by atoms with Crippen molar-refractivity contribution in [2.24, 2.45) is 4.99 Å². The Bertz CT molecular complexity index is 683. The lowest BCUT2D eigenvalue weighted by atomic mass is 10.2. The highest BCUT2D eigenvalue weighted by atomic mass is 32.1. The normalized spacial score (nSPS) is 17.1. The van der Waals surface area contributed by atoms with Gasteiger partial charge in [-0.15, -0.1) is 11.3 Å². The molecule has 0 aliphatic carbocycles. The number of rotatable bonds is 4. The number of aromatic nitrogens is 1. The number of thiazole rings is 1. The minimum Gasteiger partial charge on any atom is -0.379 e. The predicted octanol–water partition coefficient (Wildman–Crippen LogP) is 2.73. The van der Waals surface area contributed by atoms with Crippen LogP contribution in [0.2, 0.25) is 0 Å². The van der Waals surface area contributed by atoms with Gasteiger partial charge in [0.1, 0.15) is 0 Å². The van der Waals surface area contributed by atoms with Gasteiger partial charge in [0.15, 0.2) is 4.80 Å². The van der Waals surface area contributed by atoms with Crippen LogP contribution < -0.4 is 4.80 Å². The second-order valence-corrected chi connectivity index (χ2v) is 6.55. The Balaban J connectivity index is 1.78. The summed E-state index contributed by atoms with van der Waals surface area (Å²) in [4.78, 5) is 8.37. The van der Waals surface area contributed by atoms with Crippen molar-refractivity contribution in [1.82, 2.24) is 9.47 Å². The highest BCUT2D eigenvalue weighted by Gasteiger charge is 2.11. The fourth-order valence-corrected chi connectivity index (χ4v) is 3.57. The highest BCUT2D eigenvalue weighted by Crippen LogP contribution is 2.13. The molecule has 1 aliphatic rings. The Labute approximate surface area is 135 Å². The first-order chi connectivity index (χ1) is 10.7. The number of ether oxygens (including phenoxy) is 1. The van der Waals surface area contributed by atoms with E-state index >= 15 is 0 Å². The van der Waals surface area contributed by atoms with Gasteiger partial charge in [-0.3, -0.25) is 4.90 Å². The van der Waals surface area contributed by atoms with Gasteiger partial charge in [0, 0.05) is 37.3 Å². The van der Waals surface area contributed by atoms with Crippen LogP contribution in [0.4, 0.5) is 5.69 Å². The van der Waals surface area contributed by atoms with Crippen molar-refractivity contribution in [2.45, 2.75) is 20.4 Å². The summed E-state index contributed by atoms with van der Waals surface area (Å²) in [6.07, 6.45) is 0. The Hall–Kier alpha value is -1.43. The fraction of sp³-hybridized carbons (Fsp3) is 0.471. The van der Waals surface area contributed by atoms with Crippen LogP contribution in [0, 0.1) is 13.8 Å². The maximum atomic E-state index is 5.41. The van der Waals surface area contributed by atoms with Gasteiger partial charge in [-0.2, -0.15) is 0 Å². The summed E-state index contributed by atoms with van der Waals surface area (Å²) in [5.74, 6) is 0. The largest absolute Gasteiger partial charge is 0.379 e. The Kier molecular flexibility index (Phi) is 5.08. The van der Waals surface area contributed by atoms with Crippen LogP contribution in [0.15, 0.2) is 34.6 Å². The Morgan fingerprint density at radius 2 is 2.00 bits per heavy atom. The molecule has 1 fully saturated rings. The van der Waals surface area contributed by atoms with E-state index in [4.69, 9.17) is 9.73 Å². The van der Waals surface area contributed by atoms with Gasteiger partial charge in [0.2, 0.25) is 0 Å². The molecule has 0 N–H and O–H groups in total. The second kappa shape index (κ2) is 7.22. The third-order valence-electron chi connectivity index (χ3n) is 3.96. The van der Waals surface area contributed by atoms with Gasteiger partial charge in [0.05, 0.1) is 18.9 Å². The molecule has 0 amide bonds. The first kappa shape index (κ1) is 15.5. The van der Waals surface area contributed by atoms with Crippen LogP contribution in [0.1, 0.15) is 11.3 Å². The van der Waals surface area contributed by atoms with Crippen LogP contribution in [0.5, 0.6) is 0 Å². The van der Waals surface area contributed by atoms with Crippen molar-refractivity contribution in [1.29, 1.82) is 0 Å². The lowest BCUT2D eigenvalue weighted by Gasteiger charge is -2.26. The molecular weight excluding hydrogens is 294 g/mol. The zero-order chi connectivity index (χ0) is 15.4. The lowest BCUT2D eigenvalue weighted by Crippen LogP contribution is -2.39. The highest BCUT2D eigenvalue weighted by molar-refractivity contribution is 7.07. The van der Waals surface area contributed by atoms with E-state index in [1.165, 1.54) is 11.3 Å². The number of hydrogen-bond acceptors (Lipinski definition) is 4. The molecule has 1 aromatic heterocycles. The summed E-state index contributed by atoms with van der Waals surface area (Å²) in [7, 11) is 0. The third kappa shape index (κ3) is 3.85. The molecule has 0 bridgehead atoms. The van der Waals surface area contributed by atoms with E-state index in [9.17, 15) is 0 Å². The minimum absolute atomic E-state index is 0.855. The van der Waals surface area contributed by atoms with Gasteiger partial charge < -0.3 is 9.30 Å². The first-order valence-electron chi connectivity index (χ1n) is 7.79. The predicted molar refractivity (Wildman–Crippen MR) is 90.7 cm³/mol. The van der Waals surface area contributed by atoms with Crippen LogP contribution >= 0.6 is 11.3 Å². The molecule has 1 aromatic carbocycles. The minimum atomic E-state index is 0.855. The summed E-state index contributed by atoms with van der Waals surface area (Å²) in [5, 5.41) is 2.19. The number of benzene rings is 1. The molecule has 4 nitrogen and oxygen atoms in total. The molecule has 5 heteroatoms. The molecule has 2 heterocycles. The van der Waals surface area contributed by atoms with E-state index in [0.29, 0.717) is 0 Å². The van der Waals surface area contributed by atoms with Crippen LogP contribution in [-0.4, -0.2) is 42.3 Å². The molecule has 3 rings (SSSR count). The summed E-state index contributed by atoms with van der Waals surface area (Å²) in [6.45, 7) is 10.1. The van der Waals surface area contributed by atoms with E-state index in [-0.39, 0.29) is 0 Å². The average molecular weight is 317 g/mol. The summed E-state index contributed by atoms with van der Waals surface area (Å²) < 4.78 is 7.73. The van der Waals surface area contributed by atoms with Gasteiger partial charge >= 0.3 is 0 Å². The zero-order valence-electron chi connectivity index (χ0n) is 13.3. The van der Waals surface area contributed by atoms with Gasteiger partial charge in [-0.1, -0.05) is 12.1 Å². The van der Waals surface area contributed by atoms with Crippen LogP contribution in [0.3, 0.4) is 0 Å². The lowest BCUT2D eigenvalue weighted by molar-refractivity contribution is 0.0362. The summed E-state index contributed by atoms with van der Waals surface area (Å²) in [6, 6.07) is 8.35. The second-order valence-electron chi connectivity index (χ2n) is 5.72. The fourth-order valence-electron chi connectivity index (χ4n) is 2.65. The summed E-state index contributed by atoms with van der Waals surface area (Å²) in [5.41, 5.74) is 3.56. The maximum Gasteiger partial charge on any atom is 0.190 e. The van der Waals surface area contributed by atoms with Crippen molar-refractivity contribution >= 4 is 17.0 Å². The van der Waals surface area contributed by atoms with Crippen LogP contribution in [-0.2, 0) is 11.3 Å². The molecule has 1 saturated heterocycles. The van der Waals surface area contributed by atoms with Gasteiger partial charge in [-0.25, -0.2) is 4.99 Å². The van der Waals surface area contributed by atoms with E-state index in [1.807, 2.05) is 0 Å². The van der Waals surface area contributed by atoms with Crippen molar-refractivity contribution < 1.29 is 4.74 Å². The average Bonchev–Trinajstić information content (AvgIpc) is 2.86. The number of hydrogen-bond donors (Lipinski definition) is 0. The van der Waals surface area contributed by atoms with Crippen molar-refractivity contribution in [2.75, 3.05) is 32.8 Å². The van der Waals surface area contributed by atoms with Gasteiger partial charge in [0.25, 0.3) is 0 Å². The molecule has 118 valence electrons. The third-order valence-corrected chi connectivity index (χ3v) is 4.94. The van der Waals surface area contributed by atoms with E-state index in [0.717, 1.165) is 49.9 Å². The summed E-state index contributed by atoms with van der Waals surface area (Å²) >= 11 is 1.72. The smallest absolute Gasteiger partial charge is 0.190 e. The monoisotopic (exact) mass is 317 g/mol. The van der Waals surface area contributed by atoms with Crippen LogP contribution in [0.25, 0.3) is 0 Å². The molecule has 22 heavy (non-hydrogen) atoms. The number of aryl methyl sites for hydroxylation is 2. The van der Waals surface area contributed by atoms with E-state index in [1.54, 1.807) is 11.3 Å². The number of morpholine rings is 1. The SMILES string of the molecule is Cc1cccc(N=c2scc(C)n2CCN2CCOCC2)c1. The molecule has 0 saturated carbocycles. The molecule has 2 aromatic rings. The Morgan fingerprint density at radius 3 is 2.77 bits per heavy atom. The topological polar surface area (TPSA) is 29.8 Å². The number of nitrogens with zero attached hydrogens (tertiary/aromatic N) is 3. The zero-order valence-corrected chi connectivity index (χ0v) is 14.1. The van der Waals surface area contributed by atoms with Crippen molar-refractivity contribution in [3.8, 4) is 0 Å². The molecule has 0 radical (unpaired) electrons. The molecule has 0 spiro atoms. The molecular formula is C17H23N3OS. The maximum absolute atomic E-state index is 5.41. The molecule has 0 atom stereocenters.